The molecule has 2 aromatic rings. The number of rotatable bonds is 8. The van der Waals surface area contributed by atoms with Crippen LogP contribution >= 0.6 is 7.60 Å². The number of hydrogen-bond acceptors (Lipinski definition) is 4. The van der Waals surface area contributed by atoms with Gasteiger partial charge in [0.2, 0.25) is 0 Å². The van der Waals surface area contributed by atoms with Gasteiger partial charge in [0, 0.05) is 0 Å². The second-order valence-corrected chi connectivity index (χ2v) is 7.57. The molecular weight excluding hydrogens is 323 g/mol. The lowest BCUT2D eigenvalue weighted by Gasteiger charge is -2.27. The average molecular weight is 348 g/mol. The Balaban J connectivity index is 2.54. The SMILES string of the molecule is CCOP(=O)(OCC)C(c1ccc(C)cc1)c1ccc(OC)cc1. The van der Waals surface area contributed by atoms with E-state index in [0.717, 1.165) is 22.4 Å². The Morgan fingerprint density at radius 1 is 0.875 bits per heavy atom. The quantitative estimate of drug-likeness (QED) is 0.603. The molecule has 0 saturated heterocycles. The number of benzene rings is 2. The van der Waals surface area contributed by atoms with Crippen molar-refractivity contribution >= 4 is 7.60 Å². The molecule has 0 saturated carbocycles. The Morgan fingerprint density at radius 2 is 1.33 bits per heavy atom. The average Bonchev–Trinajstić information content (AvgIpc) is 2.58. The summed E-state index contributed by atoms with van der Waals surface area (Å²) < 4.78 is 30.0. The molecule has 2 rings (SSSR count). The van der Waals surface area contributed by atoms with Gasteiger partial charge in [-0.15, -0.1) is 0 Å². The second kappa shape index (κ2) is 8.48. The monoisotopic (exact) mass is 348 g/mol. The second-order valence-electron chi connectivity index (χ2n) is 5.46. The summed E-state index contributed by atoms with van der Waals surface area (Å²) in [4.78, 5) is 0. The third-order valence-electron chi connectivity index (χ3n) is 3.76. The van der Waals surface area contributed by atoms with Gasteiger partial charge in [-0.05, 0) is 44.0 Å². The molecule has 0 heterocycles. The molecule has 0 fully saturated rings. The fourth-order valence-electron chi connectivity index (χ4n) is 2.64. The maximum absolute atomic E-state index is 13.5. The molecule has 0 aliphatic carbocycles. The summed E-state index contributed by atoms with van der Waals surface area (Å²) in [6.07, 6.45) is 0. The summed E-state index contributed by atoms with van der Waals surface area (Å²) >= 11 is 0. The lowest BCUT2D eigenvalue weighted by atomic mass is 10.0. The van der Waals surface area contributed by atoms with E-state index in [4.69, 9.17) is 13.8 Å². The predicted molar refractivity (Wildman–Crippen MR) is 96.9 cm³/mol. The lowest BCUT2D eigenvalue weighted by Crippen LogP contribution is -2.08. The first-order valence-electron chi connectivity index (χ1n) is 8.13. The largest absolute Gasteiger partial charge is 0.497 e. The van der Waals surface area contributed by atoms with Gasteiger partial charge >= 0.3 is 7.60 Å². The predicted octanol–water partition coefficient (Wildman–Crippen LogP) is 5.36. The van der Waals surface area contributed by atoms with Gasteiger partial charge in [0.05, 0.1) is 20.3 Å². The summed E-state index contributed by atoms with van der Waals surface area (Å²) in [5.74, 6) is 0.754. The van der Waals surface area contributed by atoms with E-state index >= 15 is 0 Å². The van der Waals surface area contributed by atoms with E-state index in [1.165, 1.54) is 0 Å². The first-order chi connectivity index (χ1) is 11.5. The van der Waals surface area contributed by atoms with E-state index in [1.54, 1.807) is 7.11 Å². The summed E-state index contributed by atoms with van der Waals surface area (Å²) in [5, 5.41) is 0. The molecule has 0 amide bonds. The molecule has 0 radical (unpaired) electrons. The minimum atomic E-state index is -3.35. The van der Waals surface area contributed by atoms with Gasteiger partial charge in [0.15, 0.2) is 0 Å². The van der Waals surface area contributed by atoms with E-state index in [2.05, 4.69) is 0 Å². The molecule has 0 bridgehead atoms. The molecule has 2 aromatic carbocycles. The standard InChI is InChI=1S/C19H25O4P/c1-5-22-24(20,23-6-2)19(16-9-7-15(3)8-10-16)17-11-13-18(21-4)14-12-17/h7-14,19H,5-6H2,1-4H3. The van der Waals surface area contributed by atoms with Crippen molar-refractivity contribution in [2.75, 3.05) is 20.3 Å². The zero-order valence-corrected chi connectivity index (χ0v) is 15.6. The first-order valence-corrected chi connectivity index (χ1v) is 9.74. The van der Waals surface area contributed by atoms with Crippen molar-refractivity contribution in [3.8, 4) is 5.75 Å². The first kappa shape index (κ1) is 18.7. The third-order valence-corrected chi connectivity index (χ3v) is 6.22. The Morgan fingerprint density at radius 3 is 1.75 bits per heavy atom. The maximum Gasteiger partial charge on any atom is 0.342 e. The van der Waals surface area contributed by atoms with Crippen molar-refractivity contribution in [3.63, 3.8) is 0 Å². The number of hydrogen-bond donors (Lipinski definition) is 0. The van der Waals surface area contributed by atoms with E-state index < -0.39 is 13.3 Å². The molecule has 4 nitrogen and oxygen atoms in total. The number of aryl methyl sites for hydroxylation is 1. The molecule has 0 N–H and O–H groups in total. The van der Waals surface area contributed by atoms with Gasteiger partial charge in [-0.3, -0.25) is 4.57 Å². The molecule has 0 aliphatic heterocycles. The van der Waals surface area contributed by atoms with E-state index in [9.17, 15) is 4.57 Å². The molecule has 0 aliphatic rings. The normalized spacial score (nSPS) is 12.8. The summed E-state index contributed by atoms with van der Waals surface area (Å²) in [6, 6.07) is 15.5. The zero-order chi connectivity index (χ0) is 17.6. The van der Waals surface area contributed by atoms with Crippen LogP contribution in [0.15, 0.2) is 48.5 Å². The van der Waals surface area contributed by atoms with Crippen LogP contribution in [-0.2, 0) is 13.6 Å². The highest BCUT2D eigenvalue weighted by Gasteiger charge is 2.38. The van der Waals surface area contributed by atoms with E-state index in [0.29, 0.717) is 13.2 Å². The smallest absolute Gasteiger partial charge is 0.342 e. The minimum Gasteiger partial charge on any atom is -0.497 e. The Labute approximate surface area is 144 Å². The van der Waals surface area contributed by atoms with Crippen LogP contribution in [0.4, 0.5) is 0 Å². The molecule has 130 valence electrons. The lowest BCUT2D eigenvalue weighted by molar-refractivity contribution is 0.215. The maximum atomic E-state index is 13.5. The van der Waals surface area contributed by atoms with Gasteiger partial charge in [-0.2, -0.15) is 0 Å². The van der Waals surface area contributed by atoms with Crippen LogP contribution in [0, 0.1) is 6.92 Å². The van der Waals surface area contributed by atoms with Crippen LogP contribution in [0.5, 0.6) is 5.75 Å². The Bertz CT molecular complexity index is 670. The minimum absolute atomic E-state index is 0.329. The van der Waals surface area contributed by atoms with Crippen LogP contribution in [0.3, 0.4) is 0 Å². The van der Waals surface area contributed by atoms with Crippen LogP contribution < -0.4 is 4.74 Å². The highest BCUT2D eigenvalue weighted by molar-refractivity contribution is 7.54. The third kappa shape index (κ3) is 4.27. The van der Waals surface area contributed by atoms with Gasteiger partial charge in [0.25, 0.3) is 0 Å². The highest BCUT2D eigenvalue weighted by Crippen LogP contribution is 2.63. The molecule has 24 heavy (non-hydrogen) atoms. The van der Waals surface area contributed by atoms with Crippen molar-refractivity contribution in [1.29, 1.82) is 0 Å². The molecule has 0 spiro atoms. The van der Waals surface area contributed by atoms with Crippen LogP contribution in [0.2, 0.25) is 0 Å². The van der Waals surface area contributed by atoms with Gasteiger partial charge in [-0.1, -0.05) is 42.0 Å². The van der Waals surface area contributed by atoms with E-state index in [1.807, 2.05) is 69.3 Å². The Hall–Kier alpha value is -1.61. The van der Waals surface area contributed by atoms with Gasteiger partial charge in [0.1, 0.15) is 11.4 Å². The molecule has 0 aromatic heterocycles. The summed E-state index contributed by atoms with van der Waals surface area (Å²) in [5.41, 5.74) is 2.47. The van der Waals surface area contributed by atoms with E-state index in [-0.39, 0.29) is 0 Å². The van der Waals surface area contributed by atoms with Crippen LogP contribution in [0.25, 0.3) is 0 Å². The number of methoxy groups -OCH3 is 1. The van der Waals surface area contributed by atoms with Gasteiger partial charge < -0.3 is 13.8 Å². The molecular formula is C19H25O4P. The number of ether oxygens (including phenoxy) is 1. The van der Waals surface area contributed by atoms with Crippen molar-refractivity contribution < 1.29 is 18.3 Å². The van der Waals surface area contributed by atoms with Crippen molar-refractivity contribution in [2.45, 2.75) is 26.4 Å². The van der Waals surface area contributed by atoms with Crippen molar-refractivity contribution in [2.24, 2.45) is 0 Å². The zero-order valence-electron chi connectivity index (χ0n) is 14.7. The molecule has 5 heteroatoms. The summed E-state index contributed by atoms with van der Waals surface area (Å²) in [6.45, 7) is 6.33. The fourth-order valence-corrected chi connectivity index (χ4v) is 4.81. The molecule has 1 atom stereocenters. The van der Waals surface area contributed by atoms with Crippen molar-refractivity contribution in [3.05, 3.63) is 65.2 Å². The fraction of sp³-hybridized carbons (Fsp3) is 0.368. The highest BCUT2D eigenvalue weighted by atomic mass is 31.2. The van der Waals surface area contributed by atoms with Crippen molar-refractivity contribution in [1.82, 2.24) is 0 Å². The topological polar surface area (TPSA) is 44.8 Å². The molecule has 1 unspecified atom stereocenters. The van der Waals surface area contributed by atoms with Gasteiger partial charge in [-0.25, -0.2) is 0 Å². The Kier molecular flexibility index (Phi) is 6.61. The summed E-state index contributed by atoms with van der Waals surface area (Å²) in [7, 11) is -1.73. The van der Waals surface area contributed by atoms with Crippen LogP contribution in [0.1, 0.15) is 36.2 Å². The van der Waals surface area contributed by atoms with Crippen LogP contribution in [-0.4, -0.2) is 20.3 Å².